The predicted molar refractivity (Wildman–Crippen MR) is 85.8 cm³/mol. The minimum absolute atomic E-state index is 0.190. The van der Waals surface area contributed by atoms with Gasteiger partial charge >= 0.3 is 0 Å². The molecule has 1 atom stereocenters. The molecule has 0 radical (unpaired) electrons. The van der Waals surface area contributed by atoms with E-state index < -0.39 is 5.92 Å². The Morgan fingerprint density at radius 2 is 2.26 bits per heavy atom. The summed E-state index contributed by atoms with van der Waals surface area (Å²) >= 11 is 7.26. The third-order valence-corrected chi connectivity index (χ3v) is 5.04. The zero-order valence-electron chi connectivity index (χ0n) is 11.8. The second kappa shape index (κ2) is 5.44. The molecule has 3 aromatic rings. The number of Topliss-reactive ketones (excluding diaryl/α,β-unsaturated/α-hetero) is 1. The van der Waals surface area contributed by atoms with Crippen LogP contribution in [0.2, 0.25) is 5.02 Å². The van der Waals surface area contributed by atoms with Crippen LogP contribution in [0.3, 0.4) is 0 Å². The van der Waals surface area contributed by atoms with E-state index in [1.807, 2.05) is 12.1 Å². The molecule has 4 rings (SSSR count). The molecule has 2 aromatic heterocycles. The Hall–Kier alpha value is -2.23. The summed E-state index contributed by atoms with van der Waals surface area (Å²) in [5.74, 6) is -0.459. The van der Waals surface area contributed by atoms with Crippen LogP contribution in [0, 0.1) is 11.3 Å². The van der Waals surface area contributed by atoms with E-state index in [4.69, 9.17) is 16.0 Å². The maximum Gasteiger partial charge on any atom is 0.208 e. The second-order valence-electron chi connectivity index (χ2n) is 5.44. The molecule has 1 unspecified atom stereocenters. The number of thiazole rings is 1. The highest BCUT2D eigenvalue weighted by Gasteiger charge is 2.32. The molecule has 0 N–H and O–H groups in total. The van der Waals surface area contributed by atoms with Gasteiger partial charge in [0.15, 0.2) is 11.8 Å². The molecule has 0 amide bonds. The highest BCUT2D eigenvalue weighted by atomic mass is 35.5. The third kappa shape index (κ3) is 2.62. The molecule has 0 spiro atoms. The molecule has 5 nitrogen and oxygen atoms in total. The first kappa shape index (κ1) is 14.4. The van der Waals surface area contributed by atoms with Crippen LogP contribution in [0.1, 0.15) is 46.1 Å². The molecular weight excluding hydrogens is 334 g/mol. The normalized spacial score (nSPS) is 15.5. The second-order valence-corrected chi connectivity index (χ2v) is 6.93. The Labute approximate surface area is 140 Å². The Morgan fingerprint density at radius 3 is 3.00 bits per heavy atom. The number of hydrogen-bond donors (Lipinski definition) is 0. The maximum atomic E-state index is 12.6. The summed E-state index contributed by atoms with van der Waals surface area (Å²) in [5.41, 5.74) is 0.875. The van der Waals surface area contributed by atoms with E-state index in [0.29, 0.717) is 27.4 Å². The van der Waals surface area contributed by atoms with Crippen molar-refractivity contribution in [1.29, 1.82) is 5.26 Å². The summed E-state index contributed by atoms with van der Waals surface area (Å²) in [7, 11) is 0. The molecule has 2 heterocycles. The van der Waals surface area contributed by atoms with Crippen molar-refractivity contribution in [2.75, 3.05) is 0 Å². The summed E-state index contributed by atoms with van der Waals surface area (Å²) < 4.78 is 6.22. The van der Waals surface area contributed by atoms with Gasteiger partial charge in [-0.25, -0.2) is 9.97 Å². The lowest BCUT2D eigenvalue weighted by molar-refractivity contribution is 0.0974. The average molecular weight is 344 g/mol. The van der Waals surface area contributed by atoms with Gasteiger partial charge in [-0.2, -0.15) is 5.26 Å². The van der Waals surface area contributed by atoms with Gasteiger partial charge in [-0.05, 0) is 31.0 Å². The molecule has 1 fully saturated rings. The van der Waals surface area contributed by atoms with Crippen LogP contribution in [0.5, 0.6) is 0 Å². The Balaban J connectivity index is 1.68. The number of fused-ring (bicyclic) bond motifs is 1. The van der Waals surface area contributed by atoms with Gasteiger partial charge in [0.05, 0.1) is 16.3 Å². The first-order valence-corrected chi connectivity index (χ1v) is 8.30. The molecule has 0 aliphatic heterocycles. The monoisotopic (exact) mass is 343 g/mol. The first-order chi connectivity index (χ1) is 11.2. The number of nitrogens with zero attached hydrogens (tertiary/aromatic N) is 3. The number of rotatable bonds is 4. The quantitative estimate of drug-likeness (QED) is 0.659. The summed E-state index contributed by atoms with van der Waals surface area (Å²) in [6, 6.07) is 7.34. The van der Waals surface area contributed by atoms with Gasteiger partial charge in [0.25, 0.3) is 0 Å². The van der Waals surface area contributed by atoms with Gasteiger partial charge in [-0.1, -0.05) is 11.6 Å². The molecule has 0 saturated heterocycles. The van der Waals surface area contributed by atoms with Crippen LogP contribution >= 0.6 is 22.9 Å². The molecule has 1 aliphatic rings. The Bertz CT molecular complexity index is 952. The van der Waals surface area contributed by atoms with E-state index in [0.717, 1.165) is 17.5 Å². The van der Waals surface area contributed by atoms with Crippen molar-refractivity contribution < 1.29 is 9.21 Å². The van der Waals surface area contributed by atoms with E-state index in [-0.39, 0.29) is 11.5 Å². The molecule has 1 saturated carbocycles. The van der Waals surface area contributed by atoms with Crippen molar-refractivity contribution in [1.82, 2.24) is 9.97 Å². The van der Waals surface area contributed by atoms with Crippen molar-refractivity contribution >= 4 is 38.9 Å². The zero-order valence-corrected chi connectivity index (χ0v) is 13.4. The number of carbonyl (C=O) groups is 1. The standard InChI is InChI=1S/C16H10ClN3O2S/c17-9-3-4-13-11(5-9)20-16(23-13)10(6-18)14(21)12-7-22-15(19-12)8-1-2-8/h3-5,7-8,10H,1-2H2. The lowest BCUT2D eigenvalue weighted by atomic mass is 10.1. The molecule has 1 aromatic carbocycles. The van der Waals surface area contributed by atoms with Crippen molar-refractivity contribution in [3.8, 4) is 6.07 Å². The van der Waals surface area contributed by atoms with Crippen LogP contribution in [0.4, 0.5) is 0 Å². The van der Waals surface area contributed by atoms with Gasteiger partial charge in [-0.15, -0.1) is 11.3 Å². The molecule has 23 heavy (non-hydrogen) atoms. The molecular formula is C16H10ClN3O2S. The molecule has 114 valence electrons. The van der Waals surface area contributed by atoms with Crippen LogP contribution in [-0.4, -0.2) is 15.8 Å². The fraction of sp³-hybridized carbons (Fsp3) is 0.250. The average Bonchev–Trinajstić information content (AvgIpc) is 3.12. The van der Waals surface area contributed by atoms with Gasteiger partial charge in [0.2, 0.25) is 5.78 Å². The van der Waals surface area contributed by atoms with Crippen molar-refractivity contribution in [2.45, 2.75) is 24.7 Å². The minimum atomic E-state index is -0.983. The Kier molecular flexibility index (Phi) is 3.40. The number of aromatic nitrogens is 2. The number of benzene rings is 1. The van der Waals surface area contributed by atoms with E-state index in [2.05, 4.69) is 9.97 Å². The lowest BCUT2D eigenvalue weighted by Gasteiger charge is -2.00. The molecule has 0 bridgehead atoms. The number of carbonyl (C=O) groups excluding carboxylic acids is 1. The largest absolute Gasteiger partial charge is 0.448 e. The lowest BCUT2D eigenvalue weighted by Crippen LogP contribution is -2.11. The van der Waals surface area contributed by atoms with E-state index in [9.17, 15) is 10.1 Å². The van der Waals surface area contributed by atoms with Crippen LogP contribution in [-0.2, 0) is 0 Å². The van der Waals surface area contributed by atoms with Crippen LogP contribution in [0.25, 0.3) is 10.2 Å². The highest BCUT2D eigenvalue weighted by Crippen LogP contribution is 2.39. The predicted octanol–water partition coefficient (Wildman–Crippen LogP) is 4.31. The molecule has 1 aliphatic carbocycles. The van der Waals surface area contributed by atoms with E-state index >= 15 is 0 Å². The Morgan fingerprint density at radius 1 is 1.43 bits per heavy atom. The van der Waals surface area contributed by atoms with Gasteiger partial charge < -0.3 is 4.42 Å². The van der Waals surface area contributed by atoms with E-state index in [1.54, 1.807) is 12.1 Å². The van der Waals surface area contributed by atoms with Gasteiger partial charge in [0, 0.05) is 10.9 Å². The van der Waals surface area contributed by atoms with Crippen molar-refractivity contribution in [3.05, 3.63) is 46.1 Å². The van der Waals surface area contributed by atoms with Gasteiger partial charge in [-0.3, -0.25) is 4.79 Å². The summed E-state index contributed by atoms with van der Waals surface area (Å²) in [6.07, 6.45) is 3.41. The van der Waals surface area contributed by atoms with Crippen LogP contribution < -0.4 is 0 Å². The fourth-order valence-corrected chi connectivity index (χ4v) is 3.49. The van der Waals surface area contributed by atoms with Crippen molar-refractivity contribution in [2.24, 2.45) is 0 Å². The van der Waals surface area contributed by atoms with Crippen LogP contribution in [0.15, 0.2) is 28.9 Å². The summed E-state index contributed by atoms with van der Waals surface area (Å²) in [5, 5.41) is 10.4. The smallest absolute Gasteiger partial charge is 0.208 e. The third-order valence-electron chi connectivity index (χ3n) is 3.71. The minimum Gasteiger partial charge on any atom is -0.448 e. The summed E-state index contributed by atoms with van der Waals surface area (Å²) in [4.78, 5) is 21.2. The fourth-order valence-electron chi connectivity index (χ4n) is 2.33. The van der Waals surface area contributed by atoms with Gasteiger partial charge in [0.1, 0.15) is 17.0 Å². The number of halogens is 1. The summed E-state index contributed by atoms with van der Waals surface area (Å²) in [6.45, 7) is 0. The zero-order chi connectivity index (χ0) is 16.0. The number of oxazole rings is 1. The SMILES string of the molecule is N#CC(C(=O)c1coc(C2CC2)n1)c1nc2cc(Cl)ccc2s1. The van der Waals surface area contributed by atoms with Crippen molar-refractivity contribution in [3.63, 3.8) is 0 Å². The number of hydrogen-bond acceptors (Lipinski definition) is 6. The number of nitriles is 1. The maximum absolute atomic E-state index is 12.6. The highest BCUT2D eigenvalue weighted by molar-refractivity contribution is 7.18. The number of ketones is 1. The molecule has 7 heteroatoms. The topological polar surface area (TPSA) is 79.8 Å². The first-order valence-electron chi connectivity index (χ1n) is 7.11. The van der Waals surface area contributed by atoms with E-state index in [1.165, 1.54) is 17.6 Å².